The van der Waals surface area contributed by atoms with Crippen molar-refractivity contribution in [2.24, 2.45) is 17.8 Å². The summed E-state index contributed by atoms with van der Waals surface area (Å²) in [5.74, 6) is 2.45. The second kappa shape index (κ2) is 7.93. The Morgan fingerprint density at radius 1 is 1.30 bits per heavy atom. The van der Waals surface area contributed by atoms with Gasteiger partial charge in [0.2, 0.25) is 0 Å². The van der Waals surface area contributed by atoms with Gasteiger partial charge in [-0.15, -0.1) is 4.68 Å². The summed E-state index contributed by atoms with van der Waals surface area (Å²) < 4.78 is 1.79. The number of H-pyrrole nitrogens is 1. The topological polar surface area (TPSA) is 85.2 Å². The molecule has 3 amide bonds. The van der Waals surface area contributed by atoms with Gasteiger partial charge in [0.1, 0.15) is 6.20 Å². The summed E-state index contributed by atoms with van der Waals surface area (Å²) in [4.78, 5) is 33.4. The van der Waals surface area contributed by atoms with Gasteiger partial charge >= 0.3 is 11.8 Å². The van der Waals surface area contributed by atoms with Gasteiger partial charge in [0.25, 0.3) is 5.91 Å². The molecule has 1 saturated heterocycles. The van der Waals surface area contributed by atoms with Gasteiger partial charge in [-0.3, -0.25) is 4.79 Å². The number of allylic oxidation sites excluding steroid dienone is 2. The lowest BCUT2D eigenvalue weighted by atomic mass is 9.93. The molecule has 2 N–H and O–H groups in total. The van der Waals surface area contributed by atoms with Crippen LogP contribution >= 0.6 is 0 Å². The number of carbonyl (C=O) groups is 2. The smallest absolute Gasteiger partial charge is 0.336 e. The van der Waals surface area contributed by atoms with E-state index in [1.54, 1.807) is 15.8 Å². The highest BCUT2D eigenvalue weighted by molar-refractivity contribution is 5.94. The summed E-state index contributed by atoms with van der Waals surface area (Å²) in [6.07, 6.45) is 12.3. The largest absolute Gasteiger partial charge is 0.346 e. The second-order valence-electron chi connectivity index (χ2n) is 8.42. The molecule has 2 aromatic rings. The fourth-order valence-electron chi connectivity index (χ4n) is 4.90. The lowest BCUT2D eigenvalue weighted by Crippen LogP contribution is -2.42. The summed E-state index contributed by atoms with van der Waals surface area (Å²) in [6.45, 7) is 3.19. The fraction of sp³-hybridized carbons (Fsp3) is 0.455. The molecule has 8 nitrogen and oxygen atoms in total. The van der Waals surface area contributed by atoms with Crippen LogP contribution in [0.15, 0.2) is 48.9 Å². The van der Waals surface area contributed by atoms with Crippen LogP contribution in [0, 0.1) is 17.8 Å². The van der Waals surface area contributed by atoms with E-state index in [9.17, 15) is 9.59 Å². The highest BCUT2D eigenvalue weighted by atomic mass is 16.2. The first-order valence-electron chi connectivity index (χ1n) is 10.7. The molecule has 3 heterocycles. The molecule has 5 rings (SSSR count). The molecule has 0 aromatic carbocycles. The number of rotatable bonds is 7. The van der Waals surface area contributed by atoms with Crippen molar-refractivity contribution in [1.82, 2.24) is 25.2 Å². The maximum atomic E-state index is 13.4. The molecule has 8 heteroatoms. The van der Waals surface area contributed by atoms with E-state index in [0.29, 0.717) is 49.5 Å². The standard InChI is InChI=1S/C22H26N6O2/c29-21(18-4-5-20(24-14-18)28-8-1-6-25-28)27(11-10-26-9-7-23-22(26)30)15-19-13-16-2-3-17(19)12-16/h1-6,8,14,16-17,19H,7,9-13,15H2,(H,23,30)/p+1/t16-,17-,19+/m0/s1. The number of carbonyl (C=O) groups excluding carboxylic acids is 2. The van der Waals surface area contributed by atoms with Gasteiger partial charge in [-0.25, -0.2) is 9.89 Å². The number of aromatic nitrogens is 3. The van der Waals surface area contributed by atoms with E-state index in [2.05, 4.69) is 27.6 Å². The molecule has 1 saturated carbocycles. The molecule has 2 bridgehead atoms. The van der Waals surface area contributed by atoms with E-state index in [1.807, 2.05) is 35.5 Å². The maximum Gasteiger partial charge on any atom is 0.346 e. The van der Waals surface area contributed by atoms with Crippen molar-refractivity contribution in [1.29, 1.82) is 0 Å². The quantitative estimate of drug-likeness (QED) is 0.537. The molecule has 2 fully saturated rings. The minimum atomic E-state index is -0.0424. The first-order valence-corrected chi connectivity index (χ1v) is 10.7. The van der Waals surface area contributed by atoms with Crippen LogP contribution in [0.3, 0.4) is 0 Å². The molecule has 30 heavy (non-hydrogen) atoms. The Bertz CT molecular complexity index is 939. The Balaban J connectivity index is 1.31. The first kappa shape index (κ1) is 18.8. The number of amides is 3. The summed E-state index contributed by atoms with van der Waals surface area (Å²) in [7, 11) is 0. The lowest BCUT2D eigenvalue weighted by Gasteiger charge is -2.30. The first-order chi connectivity index (χ1) is 14.7. The average Bonchev–Trinajstić information content (AvgIpc) is 3.57. The molecular formula is C22H27N6O2+. The zero-order valence-corrected chi connectivity index (χ0v) is 16.9. The summed E-state index contributed by atoms with van der Waals surface area (Å²) in [5.41, 5.74) is 0.579. The predicted octanol–water partition coefficient (Wildman–Crippen LogP) is 1.37. The zero-order chi connectivity index (χ0) is 20.5. The van der Waals surface area contributed by atoms with Crippen molar-refractivity contribution in [3.05, 3.63) is 54.5 Å². The van der Waals surface area contributed by atoms with E-state index in [-0.39, 0.29) is 11.9 Å². The minimum Gasteiger partial charge on any atom is -0.336 e. The van der Waals surface area contributed by atoms with Crippen LogP contribution in [0.5, 0.6) is 0 Å². The molecule has 3 aliphatic rings. The molecule has 0 spiro atoms. The molecule has 3 atom stereocenters. The predicted molar refractivity (Wildman–Crippen MR) is 110 cm³/mol. The molecule has 0 radical (unpaired) electrons. The normalized spacial score (nSPS) is 24.5. The van der Waals surface area contributed by atoms with E-state index < -0.39 is 0 Å². The Hall–Kier alpha value is -3.16. The number of fused-ring (bicyclic) bond motifs is 2. The van der Waals surface area contributed by atoms with Crippen molar-refractivity contribution in [2.75, 3.05) is 32.7 Å². The third-order valence-electron chi connectivity index (χ3n) is 6.53. The second-order valence-corrected chi connectivity index (χ2v) is 8.42. The Kier molecular flexibility index (Phi) is 4.98. The van der Waals surface area contributed by atoms with E-state index in [4.69, 9.17) is 0 Å². The Morgan fingerprint density at radius 2 is 2.23 bits per heavy atom. The van der Waals surface area contributed by atoms with Crippen molar-refractivity contribution in [3.8, 4) is 5.82 Å². The van der Waals surface area contributed by atoms with Crippen LogP contribution in [0.2, 0.25) is 0 Å². The molecule has 2 aliphatic carbocycles. The van der Waals surface area contributed by atoms with Gasteiger partial charge < -0.3 is 15.1 Å². The van der Waals surface area contributed by atoms with Crippen LogP contribution in [0.25, 0.3) is 5.82 Å². The fourth-order valence-corrected chi connectivity index (χ4v) is 4.90. The van der Waals surface area contributed by atoms with Gasteiger partial charge in [-0.2, -0.15) is 0 Å². The lowest BCUT2D eigenvalue weighted by molar-refractivity contribution is -0.658. The summed E-state index contributed by atoms with van der Waals surface area (Å²) >= 11 is 0. The van der Waals surface area contributed by atoms with Crippen molar-refractivity contribution < 1.29 is 14.3 Å². The highest BCUT2D eigenvalue weighted by Crippen LogP contribution is 2.43. The number of nitrogens with one attached hydrogen (secondary N) is 2. The van der Waals surface area contributed by atoms with Crippen LogP contribution in [-0.4, -0.2) is 64.5 Å². The Labute approximate surface area is 175 Å². The number of urea groups is 1. The zero-order valence-electron chi connectivity index (χ0n) is 16.9. The number of hydrogen-bond donors (Lipinski definition) is 2. The average molecular weight is 407 g/mol. The number of aromatic amines is 1. The van der Waals surface area contributed by atoms with Gasteiger partial charge in [-0.05, 0) is 47.7 Å². The molecular weight excluding hydrogens is 380 g/mol. The van der Waals surface area contributed by atoms with Crippen molar-refractivity contribution in [2.45, 2.75) is 12.8 Å². The van der Waals surface area contributed by atoms with E-state index >= 15 is 0 Å². The van der Waals surface area contributed by atoms with Crippen LogP contribution in [0.4, 0.5) is 4.79 Å². The number of hydrogen-bond acceptors (Lipinski definition) is 3. The minimum absolute atomic E-state index is 0.0168. The van der Waals surface area contributed by atoms with E-state index in [1.165, 1.54) is 6.42 Å². The summed E-state index contributed by atoms with van der Waals surface area (Å²) in [6, 6.07) is 5.52. The van der Waals surface area contributed by atoms with Crippen molar-refractivity contribution in [3.63, 3.8) is 0 Å². The number of pyridine rings is 1. The van der Waals surface area contributed by atoms with Gasteiger partial charge in [0, 0.05) is 45.0 Å². The third kappa shape index (κ3) is 3.69. The molecule has 0 unspecified atom stereocenters. The van der Waals surface area contributed by atoms with Gasteiger partial charge in [-0.1, -0.05) is 12.2 Å². The molecule has 2 aromatic heterocycles. The Morgan fingerprint density at radius 3 is 2.87 bits per heavy atom. The molecule has 1 aliphatic heterocycles. The van der Waals surface area contributed by atoms with Crippen LogP contribution in [-0.2, 0) is 0 Å². The summed E-state index contributed by atoms with van der Waals surface area (Å²) in [5, 5.41) is 5.88. The van der Waals surface area contributed by atoms with Crippen molar-refractivity contribution >= 4 is 11.9 Å². The van der Waals surface area contributed by atoms with E-state index in [0.717, 1.165) is 18.8 Å². The highest BCUT2D eigenvalue weighted by Gasteiger charge is 2.37. The van der Waals surface area contributed by atoms with Crippen LogP contribution < -0.4 is 10.00 Å². The van der Waals surface area contributed by atoms with Crippen LogP contribution in [0.1, 0.15) is 23.2 Å². The monoisotopic (exact) mass is 407 g/mol. The number of nitrogens with zero attached hydrogens (tertiary/aromatic N) is 4. The molecule has 156 valence electrons. The SMILES string of the molecule is O=C1NCCN1CCN(C[C@H]1C[C@H]2C=C[C@H]1C2)C(=O)c1ccc(-[n+]2ccc[nH]2)nc1. The maximum absolute atomic E-state index is 13.4. The van der Waals surface area contributed by atoms with Gasteiger partial charge in [0.15, 0.2) is 6.20 Å². The van der Waals surface area contributed by atoms with Gasteiger partial charge in [0.05, 0.1) is 5.56 Å². The third-order valence-corrected chi connectivity index (χ3v) is 6.53.